The number of benzene rings is 1. The van der Waals surface area contributed by atoms with Gasteiger partial charge >= 0.3 is 0 Å². The lowest BCUT2D eigenvalue weighted by molar-refractivity contribution is 0.0761. The van der Waals surface area contributed by atoms with Gasteiger partial charge in [-0.05, 0) is 25.0 Å². The van der Waals surface area contributed by atoms with Crippen molar-refractivity contribution in [3.8, 4) is 0 Å². The Morgan fingerprint density at radius 1 is 1.47 bits per heavy atom. The SMILES string of the molecule is CCCOCC(=O)c1ccc(C)c(Cl)c1. The molecular weight excluding hydrogens is 212 g/mol. The molecule has 0 atom stereocenters. The molecular formula is C12H15ClO2. The van der Waals surface area contributed by atoms with Gasteiger partial charge in [-0.15, -0.1) is 0 Å². The molecule has 0 fully saturated rings. The molecule has 3 heteroatoms. The van der Waals surface area contributed by atoms with Crippen LogP contribution in [0.1, 0.15) is 29.3 Å². The van der Waals surface area contributed by atoms with Crippen LogP contribution in [0.3, 0.4) is 0 Å². The second kappa shape index (κ2) is 5.89. The maximum atomic E-state index is 11.6. The molecule has 1 aromatic carbocycles. The van der Waals surface area contributed by atoms with Crippen LogP contribution in [0, 0.1) is 6.92 Å². The largest absolute Gasteiger partial charge is 0.373 e. The number of hydrogen-bond donors (Lipinski definition) is 0. The Morgan fingerprint density at radius 3 is 2.80 bits per heavy atom. The van der Waals surface area contributed by atoms with Crippen LogP contribution in [-0.2, 0) is 4.74 Å². The summed E-state index contributed by atoms with van der Waals surface area (Å²) in [5, 5.41) is 0.622. The molecule has 0 heterocycles. The molecule has 0 saturated carbocycles. The molecule has 82 valence electrons. The average Bonchev–Trinajstić information content (AvgIpc) is 2.22. The van der Waals surface area contributed by atoms with Crippen molar-refractivity contribution in [2.24, 2.45) is 0 Å². The maximum Gasteiger partial charge on any atom is 0.188 e. The lowest BCUT2D eigenvalue weighted by atomic mass is 10.1. The zero-order valence-electron chi connectivity index (χ0n) is 9.05. The fraction of sp³-hybridized carbons (Fsp3) is 0.417. The number of aryl methyl sites for hydroxylation is 1. The second-order valence-electron chi connectivity index (χ2n) is 3.44. The molecule has 2 nitrogen and oxygen atoms in total. The van der Waals surface area contributed by atoms with Crippen molar-refractivity contribution >= 4 is 17.4 Å². The van der Waals surface area contributed by atoms with Gasteiger partial charge in [0.25, 0.3) is 0 Å². The summed E-state index contributed by atoms with van der Waals surface area (Å²) in [6, 6.07) is 5.31. The predicted molar refractivity (Wildman–Crippen MR) is 61.6 cm³/mol. The highest BCUT2D eigenvalue weighted by molar-refractivity contribution is 6.31. The lowest BCUT2D eigenvalue weighted by Gasteiger charge is -2.04. The van der Waals surface area contributed by atoms with Crippen LogP contribution in [0.4, 0.5) is 0 Å². The van der Waals surface area contributed by atoms with E-state index >= 15 is 0 Å². The number of halogens is 1. The molecule has 0 aliphatic rings. The number of ether oxygens (including phenoxy) is 1. The first-order chi connectivity index (χ1) is 7.15. The van der Waals surface area contributed by atoms with E-state index in [0.29, 0.717) is 17.2 Å². The van der Waals surface area contributed by atoms with E-state index in [-0.39, 0.29) is 12.4 Å². The number of Topliss-reactive ketones (excluding diaryl/α,β-unsaturated/α-hetero) is 1. The summed E-state index contributed by atoms with van der Waals surface area (Å²) in [6.45, 7) is 4.66. The maximum absolute atomic E-state index is 11.6. The van der Waals surface area contributed by atoms with E-state index in [2.05, 4.69) is 0 Å². The minimum Gasteiger partial charge on any atom is -0.373 e. The highest BCUT2D eigenvalue weighted by atomic mass is 35.5. The quantitative estimate of drug-likeness (QED) is 0.569. The number of hydrogen-bond acceptors (Lipinski definition) is 2. The average molecular weight is 227 g/mol. The van der Waals surface area contributed by atoms with Crippen LogP contribution in [-0.4, -0.2) is 19.0 Å². The summed E-state index contributed by atoms with van der Waals surface area (Å²) in [6.07, 6.45) is 0.919. The summed E-state index contributed by atoms with van der Waals surface area (Å²) in [5.74, 6) is -0.0228. The van der Waals surface area contributed by atoms with Crippen molar-refractivity contribution in [2.45, 2.75) is 20.3 Å². The van der Waals surface area contributed by atoms with Gasteiger partial charge in [-0.3, -0.25) is 4.79 Å². The third-order valence-corrected chi connectivity index (χ3v) is 2.48. The molecule has 15 heavy (non-hydrogen) atoms. The molecule has 0 amide bonds. The number of rotatable bonds is 5. The van der Waals surface area contributed by atoms with Crippen LogP contribution in [0.2, 0.25) is 5.02 Å². The Hall–Kier alpha value is -0.860. The van der Waals surface area contributed by atoms with E-state index in [1.54, 1.807) is 12.1 Å². The van der Waals surface area contributed by atoms with Crippen molar-refractivity contribution in [2.75, 3.05) is 13.2 Å². The van der Waals surface area contributed by atoms with Crippen molar-refractivity contribution in [3.05, 3.63) is 34.3 Å². The topological polar surface area (TPSA) is 26.3 Å². The van der Waals surface area contributed by atoms with Crippen molar-refractivity contribution in [3.63, 3.8) is 0 Å². The van der Waals surface area contributed by atoms with Crippen LogP contribution < -0.4 is 0 Å². The van der Waals surface area contributed by atoms with E-state index < -0.39 is 0 Å². The molecule has 0 unspecified atom stereocenters. The van der Waals surface area contributed by atoms with E-state index in [0.717, 1.165) is 12.0 Å². The van der Waals surface area contributed by atoms with Gasteiger partial charge in [-0.2, -0.15) is 0 Å². The van der Waals surface area contributed by atoms with Crippen LogP contribution in [0.5, 0.6) is 0 Å². The van der Waals surface area contributed by atoms with E-state index in [4.69, 9.17) is 16.3 Å². The van der Waals surface area contributed by atoms with E-state index in [1.807, 2.05) is 19.9 Å². The van der Waals surface area contributed by atoms with Gasteiger partial charge in [0.2, 0.25) is 0 Å². The Bertz CT molecular complexity index is 347. The molecule has 0 aromatic heterocycles. The van der Waals surface area contributed by atoms with Crippen molar-refractivity contribution < 1.29 is 9.53 Å². The van der Waals surface area contributed by atoms with Crippen LogP contribution >= 0.6 is 11.6 Å². The normalized spacial score (nSPS) is 10.3. The first kappa shape index (κ1) is 12.2. The molecule has 0 aliphatic carbocycles. The third kappa shape index (κ3) is 3.65. The third-order valence-electron chi connectivity index (χ3n) is 2.08. The Morgan fingerprint density at radius 2 is 2.20 bits per heavy atom. The number of carbonyl (C=O) groups excluding carboxylic acids is 1. The van der Waals surface area contributed by atoms with Gasteiger partial charge in [0.15, 0.2) is 5.78 Å². The molecule has 1 aromatic rings. The smallest absolute Gasteiger partial charge is 0.188 e. The molecule has 0 saturated heterocycles. The number of ketones is 1. The summed E-state index contributed by atoms with van der Waals surface area (Å²) < 4.78 is 5.18. The summed E-state index contributed by atoms with van der Waals surface area (Å²) >= 11 is 5.93. The highest BCUT2D eigenvalue weighted by Gasteiger charge is 2.07. The predicted octanol–water partition coefficient (Wildman–Crippen LogP) is 3.26. The first-order valence-electron chi connectivity index (χ1n) is 5.02. The van der Waals surface area contributed by atoms with E-state index in [1.165, 1.54) is 0 Å². The monoisotopic (exact) mass is 226 g/mol. The van der Waals surface area contributed by atoms with Gasteiger partial charge in [-0.1, -0.05) is 30.7 Å². The van der Waals surface area contributed by atoms with Gasteiger partial charge in [-0.25, -0.2) is 0 Å². The molecule has 1 rings (SSSR count). The Labute approximate surface area is 95.2 Å². The summed E-state index contributed by atoms with van der Waals surface area (Å²) in [4.78, 5) is 11.6. The van der Waals surface area contributed by atoms with Crippen LogP contribution in [0.15, 0.2) is 18.2 Å². The Balaban J connectivity index is 2.62. The van der Waals surface area contributed by atoms with E-state index in [9.17, 15) is 4.79 Å². The molecule has 0 N–H and O–H groups in total. The molecule has 0 spiro atoms. The molecule has 0 radical (unpaired) electrons. The standard InChI is InChI=1S/C12H15ClO2/c1-3-6-15-8-12(14)10-5-4-9(2)11(13)7-10/h4-5,7H,3,6,8H2,1-2H3. The number of carbonyl (C=O) groups is 1. The molecule has 0 bridgehead atoms. The Kier molecular flexibility index (Phi) is 4.79. The van der Waals surface area contributed by atoms with Crippen molar-refractivity contribution in [1.29, 1.82) is 0 Å². The van der Waals surface area contributed by atoms with Gasteiger partial charge in [0, 0.05) is 17.2 Å². The summed E-state index contributed by atoms with van der Waals surface area (Å²) in [7, 11) is 0. The second-order valence-corrected chi connectivity index (χ2v) is 3.85. The minimum absolute atomic E-state index is 0.0228. The highest BCUT2D eigenvalue weighted by Crippen LogP contribution is 2.16. The van der Waals surface area contributed by atoms with Crippen LogP contribution in [0.25, 0.3) is 0 Å². The zero-order chi connectivity index (χ0) is 11.3. The fourth-order valence-electron chi connectivity index (χ4n) is 1.16. The van der Waals surface area contributed by atoms with Gasteiger partial charge in [0.1, 0.15) is 6.61 Å². The minimum atomic E-state index is -0.0228. The molecule has 0 aliphatic heterocycles. The fourth-order valence-corrected chi connectivity index (χ4v) is 1.34. The van der Waals surface area contributed by atoms with Crippen molar-refractivity contribution in [1.82, 2.24) is 0 Å². The van der Waals surface area contributed by atoms with Gasteiger partial charge < -0.3 is 4.74 Å². The zero-order valence-corrected chi connectivity index (χ0v) is 9.80. The lowest BCUT2D eigenvalue weighted by Crippen LogP contribution is -2.09. The van der Waals surface area contributed by atoms with Gasteiger partial charge in [0.05, 0.1) is 0 Å². The summed E-state index contributed by atoms with van der Waals surface area (Å²) in [5.41, 5.74) is 1.59. The first-order valence-corrected chi connectivity index (χ1v) is 5.40.